The van der Waals surface area contributed by atoms with Gasteiger partial charge < -0.3 is 2.85 Å². The van der Waals surface area contributed by atoms with Crippen molar-refractivity contribution in [1.82, 2.24) is 0 Å². The monoisotopic (exact) mass is 302 g/mol. The van der Waals surface area contributed by atoms with Crippen LogP contribution in [0.5, 0.6) is 0 Å². The van der Waals surface area contributed by atoms with Crippen LogP contribution >= 0.6 is 15.9 Å². The van der Waals surface area contributed by atoms with Gasteiger partial charge in [0.05, 0.1) is 0 Å². The third-order valence-corrected chi connectivity index (χ3v) is 3.55. The fourth-order valence-electron chi connectivity index (χ4n) is 1.94. The Labute approximate surface area is 131 Å². The van der Waals surface area contributed by atoms with Gasteiger partial charge in [-0.05, 0) is 6.42 Å². The standard InChI is InChI=1S/C14H29Br.Mg.2H/c1-2-3-4-5-6-7-8-9-10-11-12-13-14-15;;;/h2-14H2,1H3;;;/q;+2;2*-1. The second-order valence-corrected chi connectivity index (χ2v) is 5.37. The predicted octanol–water partition coefficient (Wildman–Crippen LogP) is 5.93. The number of unbranched alkanes of at least 4 members (excludes halogenated alkanes) is 11. The minimum absolute atomic E-state index is 0. The third-order valence-electron chi connectivity index (χ3n) is 2.99. The Morgan fingerprint density at radius 1 is 0.625 bits per heavy atom. The van der Waals surface area contributed by atoms with Crippen molar-refractivity contribution in [2.45, 2.75) is 84.0 Å². The van der Waals surface area contributed by atoms with E-state index in [1.165, 1.54) is 82.4 Å². The molecule has 0 aliphatic heterocycles. The molecule has 0 saturated heterocycles. The Morgan fingerprint density at radius 3 is 1.25 bits per heavy atom. The minimum Gasteiger partial charge on any atom is -1.00 e. The maximum absolute atomic E-state index is 3.47. The quantitative estimate of drug-likeness (QED) is 0.238. The number of halogens is 1. The summed E-state index contributed by atoms with van der Waals surface area (Å²) in [5.41, 5.74) is 0. The van der Waals surface area contributed by atoms with Crippen molar-refractivity contribution in [2.24, 2.45) is 0 Å². The number of rotatable bonds is 12. The molecule has 16 heavy (non-hydrogen) atoms. The molecular formula is C14H31BrMg. The van der Waals surface area contributed by atoms with Gasteiger partial charge in [-0.1, -0.05) is 93.5 Å². The van der Waals surface area contributed by atoms with Gasteiger partial charge in [0.15, 0.2) is 0 Å². The molecule has 0 N–H and O–H groups in total. The number of hydrogen-bond acceptors (Lipinski definition) is 0. The van der Waals surface area contributed by atoms with Gasteiger partial charge in [-0.15, -0.1) is 0 Å². The second-order valence-electron chi connectivity index (χ2n) is 4.58. The summed E-state index contributed by atoms with van der Waals surface area (Å²) >= 11 is 3.47. The van der Waals surface area contributed by atoms with E-state index in [1.807, 2.05) is 0 Å². The Hall–Kier alpha value is 1.25. The molecule has 0 saturated carbocycles. The van der Waals surface area contributed by atoms with Crippen molar-refractivity contribution in [2.75, 3.05) is 5.33 Å². The van der Waals surface area contributed by atoms with E-state index >= 15 is 0 Å². The zero-order valence-corrected chi connectivity index (χ0v) is 14.3. The van der Waals surface area contributed by atoms with Crippen LogP contribution in [0.4, 0.5) is 0 Å². The molecule has 0 aromatic carbocycles. The molecule has 0 heterocycles. The van der Waals surface area contributed by atoms with E-state index in [9.17, 15) is 0 Å². The summed E-state index contributed by atoms with van der Waals surface area (Å²) in [7, 11) is 0. The second kappa shape index (κ2) is 18.6. The van der Waals surface area contributed by atoms with Crippen molar-refractivity contribution in [3.05, 3.63) is 0 Å². The van der Waals surface area contributed by atoms with Crippen LogP contribution in [0.25, 0.3) is 0 Å². The average Bonchev–Trinajstić information content (AvgIpc) is 2.26. The zero-order valence-electron chi connectivity index (χ0n) is 13.3. The van der Waals surface area contributed by atoms with Gasteiger partial charge in [-0.25, -0.2) is 0 Å². The van der Waals surface area contributed by atoms with Crippen LogP contribution < -0.4 is 0 Å². The Morgan fingerprint density at radius 2 is 0.938 bits per heavy atom. The molecule has 0 aromatic heterocycles. The summed E-state index contributed by atoms with van der Waals surface area (Å²) in [6.45, 7) is 2.28. The summed E-state index contributed by atoms with van der Waals surface area (Å²) in [5.74, 6) is 0. The van der Waals surface area contributed by atoms with Gasteiger partial charge in [0.1, 0.15) is 0 Å². The van der Waals surface area contributed by atoms with Crippen molar-refractivity contribution in [3.63, 3.8) is 0 Å². The molecule has 96 valence electrons. The Kier molecular flexibility index (Phi) is 22.8. The topological polar surface area (TPSA) is 0 Å². The van der Waals surface area contributed by atoms with Crippen LogP contribution in [-0.2, 0) is 0 Å². The van der Waals surface area contributed by atoms with E-state index in [0.29, 0.717) is 0 Å². The summed E-state index contributed by atoms with van der Waals surface area (Å²) in [6.07, 6.45) is 17.3. The normalized spacial score (nSPS) is 10.1. The van der Waals surface area contributed by atoms with Crippen molar-refractivity contribution < 1.29 is 2.85 Å². The Balaban J connectivity index is -0.000000327. The SMILES string of the molecule is CCCCCCCCCCCCCCBr.[H-].[H-].[Mg+2]. The number of alkyl halides is 1. The van der Waals surface area contributed by atoms with Gasteiger partial charge in [0, 0.05) is 5.33 Å². The van der Waals surface area contributed by atoms with Crippen LogP contribution in [0.2, 0.25) is 0 Å². The average molecular weight is 304 g/mol. The molecule has 0 aliphatic carbocycles. The fourth-order valence-corrected chi connectivity index (χ4v) is 2.33. The van der Waals surface area contributed by atoms with Crippen molar-refractivity contribution >= 4 is 39.0 Å². The summed E-state index contributed by atoms with van der Waals surface area (Å²) in [6, 6.07) is 0. The van der Waals surface area contributed by atoms with Crippen LogP contribution in [0.1, 0.15) is 86.8 Å². The van der Waals surface area contributed by atoms with Crippen molar-refractivity contribution in [1.29, 1.82) is 0 Å². The smallest absolute Gasteiger partial charge is 1.00 e. The number of hydrogen-bond donors (Lipinski definition) is 0. The van der Waals surface area contributed by atoms with Gasteiger partial charge >= 0.3 is 23.1 Å². The van der Waals surface area contributed by atoms with E-state index < -0.39 is 0 Å². The molecule has 0 rings (SSSR count). The molecule has 0 bridgehead atoms. The maximum atomic E-state index is 3.47. The van der Waals surface area contributed by atoms with Crippen LogP contribution in [0.15, 0.2) is 0 Å². The molecule has 0 radical (unpaired) electrons. The molecule has 0 spiro atoms. The zero-order chi connectivity index (χ0) is 11.2. The molecule has 0 nitrogen and oxygen atoms in total. The minimum atomic E-state index is 0. The van der Waals surface area contributed by atoms with E-state index in [1.54, 1.807) is 0 Å². The van der Waals surface area contributed by atoms with E-state index in [0.717, 1.165) is 0 Å². The van der Waals surface area contributed by atoms with E-state index in [-0.39, 0.29) is 25.9 Å². The molecule has 0 atom stereocenters. The van der Waals surface area contributed by atoms with Gasteiger partial charge in [0.2, 0.25) is 0 Å². The van der Waals surface area contributed by atoms with Gasteiger partial charge in [-0.3, -0.25) is 0 Å². The third kappa shape index (κ3) is 17.6. The molecule has 2 heteroatoms. The van der Waals surface area contributed by atoms with Crippen LogP contribution in [0.3, 0.4) is 0 Å². The van der Waals surface area contributed by atoms with E-state index in [2.05, 4.69) is 22.9 Å². The van der Waals surface area contributed by atoms with Gasteiger partial charge in [0.25, 0.3) is 0 Å². The van der Waals surface area contributed by atoms with Crippen LogP contribution in [-0.4, -0.2) is 28.4 Å². The van der Waals surface area contributed by atoms with Crippen LogP contribution in [0, 0.1) is 0 Å². The molecule has 0 aliphatic rings. The molecular weight excluding hydrogens is 272 g/mol. The van der Waals surface area contributed by atoms with E-state index in [4.69, 9.17) is 0 Å². The first-order valence-corrected chi connectivity index (χ1v) is 8.10. The first-order chi connectivity index (χ1) is 7.41. The summed E-state index contributed by atoms with van der Waals surface area (Å²) in [4.78, 5) is 0. The largest absolute Gasteiger partial charge is 2.00 e. The summed E-state index contributed by atoms with van der Waals surface area (Å²) < 4.78 is 0. The Bertz CT molecular complexity index is 104. The fraction of sp³-hybridized carbons (Fsp3) is 1.00. The summed E-state index contributed by atoms with van der Waals surface area (Å²) in [5, 5.41) is 1.18. The van der Waals surface area contributed by atoms with Crippen molar-refractivity contribution in [3.8, 4) is 0 Å². The maximum Gasteiger partial charge on any atom is 2.00 e. The van der Waals surface area contributed by atoms with Gasteiger partial charge in [-0.2, -0.15) is 0 Å². The molecule has 0 amide bonds. The molecule has 0 aromatic rings. The first kappa shape index (κ1) is 19.6. The predicted molar refractivity (Wildman–Crippen MR) is 82.9 cm³/mol. The molecule has 0 unspecified atom stereocenters. The molecule has 0 fully saturated rings. The first-order valence-electron chi connectivity index (χ1n) is 6.97.